The number of carbonyl (C=O) groups is 2. The highest BCUT2D eigenvalue weighted by atomic mass is 16.5. The number of nitrogens with one attached hydrogen (secondary N) is 1. The van der Waals surface area contributed by atoms with E-state index >= 15 is 0 Å². The molecule has 5 nitrogen and oxygen atoms in total. The van der Waals surface area contributed by atoms with Gasteiger partial charge in [-0.2, -0.15) is 0 Å². The van der Waals surface area contributed by atoms with E-state index in [2.05, 4.69) is 5.32 Å². The molecule has 1 N–H and O–H groups in total. The standard InChI is InChI=1S/C18H18N2O3/c1-12-7-9-14(10-8-12)19-18(22)17-11-20(13(2)21)15-5-3-4-6-16(15)23-17/h3-10,17H,11H2,1-2H3,(H,19,22)/t17-/m1/s1. The van der Waals surface area contributed by atoms with Crippen LogP contribution in [0.1, 0.15) is 12.5 Å². The molecule has 0 unspecified atom stereocenters. The molecule has 1 heterocycles. The molecule has 0 aliphatic carbocycles. The number of hydrogen-bond acceptors (Lipinski definition) is 3. The van der Waals surface area contributed by atoms with Crippen LogP contribution < -0.4 is 15.0 Å². The lowest BCUT2D eigenvalue weighted by Gasteiger charge is -2.33. The molecule has 0 saturated carbocycles. The van der Waals surface area contributed by atoms with Crippen molar-refractivity contribution in [1.82, 2.24) is 0 Å². The Kier molecular flexibility index (Phi) is 4.02. The van der Waals surface area contributed by atoms with Crippen molar-refractivity contribution >= 4 is 23.2 Å². The van der Waals surface area contributed by atoms with Crippen molar-refractivity contribution in [1.29, 1.82) is 0 Å². The molecule has 3 rings (SSSR count). The van der Waals surface area contributed by atoms with Crippen LogP contribution in [0.5, 0.6) is 5.75 Å². The Morgan fingerprint density at radius 3 is 2.52 bits per heavy atom. The van der Waals surface area contributed by atoms with Gasteiger partial charge in [-0.05, 0) is 31.2 Å². The smallest absolute Gasteiger partial charge is 0.267 e. The van der Waals surface area contributed by atoms with Crippen LogP contribution in [0.3, 0.4) is 0 Å². The fourth-order valence-electron chi connectivity index (χ4n) is 2.53. The third-order valence-corrected chi connectivity index (χ3v) is 3.77. The fraction of sp³-hybridized carbons (Fsp3) is 0.222. The molecule has 23 heavy (non-hydrogen) atoms. The summed E-state index contributed by atoms with van der Waals surface area (Å²) in [6.07, 6.45) is -0.741. The van der Waals surface area contributed by atoms with Crippen molar-refractivity contribution in [2.45, 2.75) is 20.0 Å². The summed E-state index contributed by atoms with van der Waals surface area (Å²) >= 11 is 0. The maximum atomic E-state index is 12.5. The van der Waals surface area contributed by atoms with Crippen LogP contribution in [0.2, 0.25) is 0 Å². The zero-order chi connectivity index (χ0) is 16.4. The summed E-state index contributed by atoms with van der Waals surface area (Å²) in [5.41, 5.74) is 2.52. The van der Waals surface area contributed by atoms with E-state index in [-0.39, 0.29) is 18.4 Å². The van der Waals surface area contributed by atoms with Gasteiger partial charge in [-0.25, -0.2) is 0 Å². The van der Waals surface area contributed by atoms with Crippen LogP contribution in [0.4, 0.5) is 11.4 Å². The number of fused-ring (bicyclic) bond motifs is 1. The minimum absolute atomic E-state index is 0.117. The number of rotatable bonds is 2. The first-order chi connectivity index (χ1) is 11.0. The largest absolute Gasteiger partial charge is 0.476 e. The molecule has 2 aromatic carbocycles. The van der Waals surface area contributed by atoms with Crippen molar-refractivity contribution < 1.29 is 14.3 Å². The number of benzene rings is 2. The summed E-state index contributed by atoms with van der Waals surface area (Å²) in [5, 5.41) is 2.83. The summed E-state index contributed by atoms with van der Waals surface area (Å²) in [7, 11) is 0. The van der Waals surface area contributed by atoms with Crippen molar-refractivity contribution in [3.05, 3.63) is 54.1 Å². The average molecular weight is 310 g/mol. The van der Waals surface area contributed by atoms with Gasteiger partial charge in [-0.1, -0.05) is 29.8 Å². The lowest BCUT2D eigenvalue weighted by molar-refractivity contribution is -0.123. The average Bonchev–Trinajstić information content (AvgIpc) is 2.55. The third kappa shape index (κ3) is 3.18. The molecule has 2 amide bonds. The van der Waals surface area contributed by atoms with Gasteiger partial charge in [0.2, 0.25) is 5.91 Å². The van der Waals surface area contributed by atoms with Gasteiger partial charge in [0.15, 0.2) is 6.10 Å². The van der Waals surface area contributed by atoms with Gasteiger partial charge in [0, 0.05) is 12.6 Å². The lowest BCUT2D eigenvalue weighted by Crippen LogP contribution is -2.48. The molecule has 0 spiro atoms. The molecule has 0 aromatic heterocycles. The molecular weight excluding hydrogens is 292 g/mol. The van der Waals surface area contributed by atoms with Gasteiger partial charge in [0.25, 0.3) is 5.91 Å². The highest BCUT2D eigenvalue weighted by Gasteiger charge is 2.32. The van der Waals surface area contributed by atoms with Crippen LogP contribution in [0, 0.1) is 6.92 Å². The first-order valence-corrected chi connectivity index (χ1v) is 7.46. The number of nitrogens with zero attached hydrogens (tertiary/aromatic N) is 1. The van der Waals surface area contributed by atoms with Crippen molar-refractivity contribution in [2.24, 2.45) is 0 Å². The number of amides is 2. The summed E-state index contributed by atoms with van der Waals surface area (Å²) in [4.78, 5) is 25.9. The van der Waals surface area contributed by atoms with Crippen molar-refractivity contribution in [3.8, 4) is 5.75 Å². The second-order valence-electron chi connectivity index (χ2n) is 5.56. The Balaban J connectivity index is 1.79. The van der Waals surface area contributed by atoms with Gasteiger partial charge in [0.05, 0.1) is 12.2 Å². The van der Waals surface area contributed by atoms with Crippen LogP contribution in [0.25, 0.3) is 0 Å². The number of anilines is 2. The number of ether oxygens (including phenoxy) is 1. The number of carbonyl (C=O) groups excluding carboxylic acids is 2. The molecule has 5 heteroatoms. The van der Waals surface area contributed by atoms with Crippen LogP contribution in [0.15, 0.2) is 48.5 Å². The van der Waals surface area contributed by atoms with Crippen LogP contribution in [-0.4, -0.2) is 24.5 Å². The van der Waals surface area contributed by atoms with Gasteiger partial charge in [-0.3, -0.25) is 9.59 Å². The van der Waals surface area contributed by atoms with E-state index < -0.39 is 6.10 Å². The Bertz CT molecular complexity index is 740. The zero-order valence-corrected chi connectivity index (χ0v) is 13.1. The molecule has 118 valence electrons. The van der Waals surface area contributed by atoms with Crippen molar-refractivity contribution in [3.63, 3.8) is 0 Å². The Labute approximate surface area is 134 Å². The van der Waals surface area contributed by atoms with Crippen molar-refractivity contribution in [2.75, 3.05) is 16.8 Å². The molecular formula is C18H18N2O3. The predicted molar refractivity (Wildman–Crippen MR) is 88.7 cm³/mol. The zero-order valence-electron chi connectivity index (χ0n) is 13.1. The van der Waals surface area contributed by atoms with Crippen LogP contribution >= 0.6 is 0 Å². The molecule has 0 bridgehead atoms. The van der Waals surface area contributed by atoms with Gasteiger partial charge < -0.3 is 15.0 Å². The van der Waals surface area contributed by atoms with E-state index in [4.69, 9.17) is 4.74 Å². The monoisotopic (exact) mass is 310 g/mol. The molecule has 2 aromatic rings. The molecule has 1 aliphatic heterocycles. The van der Waals surface area contributed by atoms with Gasteiger partial charge >= 0.3 is 0 Å². The van der Waals surface area contributed by atoms with Gasteiger partial charge in [0.1, 0.15) is 5.75 Å². The highest BCUT2D eigenvalue weighted by molar-refractivity contribution is 5.99. The number of aryl methyl sites for hydroxylation is 1. The normalized spacial score (nSPS) is 16.3. The Morgan fingerprint density at radius 2 is 1.83 bits per heavy atom. The Hall–Kier alpha value is -2.82. The fourth-order valence-corrected chi connectivity index (χ4v) is 2.53. The topological polar surface area (TPSA) is 58.6 Å². The molecule has 1 aliphatic rings. The predicted octanol–water partition coefficient (Wildman–Crippen LogP) is 2.75. The summed E-state index contributed by atoms with van der Waals surface area (Å²) in [6, 6.07) is 14.8. The quantitative estimate of drug-likeness (QED) is 0.928. The third-order valence-electron chi connectivity index (χ3n) is 3.77. The lowest BCUT2D eigenvalue weighted by atomic mass is 10.1. The molecule has 0 fully saturated rings. The van der Waals surface area contributed by atoms with Crippen LogP contribution in [-0.2, 0) is 9.59 Å². The molecule has 1 atom stereocenters. The SMILES string of the molecule is CC(=O)N1C[C@H](C(=O)Nc2ccc(C)cc2)Oc2ccccc21. The summed E-state index contributed by atoms with van der Waals surface area (Å²) < 4.78 is 5.76. The maximum Gasteiger partial charge on any atom is 0.267 e. The number of hydrogen-bond donors (Lipinski definition) is 1. The van der Waals surface area contributed by atoms with E-state index in [0.29, 0.717) is 17.1 Å². The summed E-state index contributed by atoms with van der Waals surface area (Å²) in [5.74, 6) is 0.154. The van der Waals surface area contributed by atoms with E-state index in [1.807, 2.05) is 49.4 Å². The first-order valence-electron chi connectivity index (χ1n) is 7.46. The van der Waals surface area contributed by atoms with E-state index in [1.54, 1.807) is 11.0 Å². The summed E-state index contributed by atoms with van der Waals surface area (Å²) in [6.45, 7) is 3.67. The highest BCUT2D eigenvalue weighted by Crippen LogP contribution is 2.33. The van der Waals surface area contributed by atoms with E-state index in [9.17, 15) is 9.59 Å². The second-order valence-corrected chi connectivity index (χ2v) is 5.56. The molecule has 0 saturated heterocycles. The number of para-hydroxylation sites is 2. The maximum absolute atomic E-state index is 12.5. The molecule has 0 radical (unpaired) electrons. The minimum Gasteiger partial charge on any atom is -0.476 e. The van der Waals surface area contributed by atoms with E-state index in [0.717, 1.165) is 5.56 Å². The van der Waals surface area contributed by atoms with E-state index in [1.165, 1.54) is 6.92 Å². The van der Waals surface area contributed by atoms with Gasteiger partial charge in [-0.15, -0.1) is 0 Å². The second kappa shape index (κ2) is 6.12. The minimum atomic E-state index is -0.741. The first kappa shape index (κ1) is 15.1. The Morgan fingerprint density at radius 1 is 1.13 bits per heavy atom.